The molecular weight excluding hydrogens is 264 g/mol. The second kappa shape index (κ2) is 9.90. The first-order chi connectivity index (χ1) is 10.4. The lowest BCUT2D eigenvalue weighted by Gasteiger charge is -2.25. The van der Waals surface area contributed by atoms with E-state index in [1.54, 1.807) is 0 Å². The van der Waals surface area contributed by atoms with E-state index in [0.29, 0.717) is 0 Å². The lowest BCUT2D eigenvalue weighted by Crippen LogP contribution is -2.43. The molecule has 0 saturated carbocycles. The van der Waals surface area contributed by atoms with E-state index in [1.165, 1.54) is 44.9 Å². The fourth-order valence-electron chi connectivity index (χ4n) is 2.76. The van der Waals surface area contributed by atoms with Crippen molar-refractivity contribution < 1.29 is 4.52 Å². The number of hydrogen-bond donors (Lipinski definition) is 1. The van der Waals surface area contributed by atoms with Gasteiger partial charge in [-0.3, -0.25) is 4.90 Å². The Hall–Kier alpha value is -0.940. The third kappa shape index (κ3) is 6.57. The molecule has 1 N–H and O–H groups in total. The van der Waals surface area contributed by atoms with Crippen molar-refractivity contribution in [2.45, 2.75) is 64.8 Å². The Morgan fingerprint density at radius 2 is 1.76 bits per heavy atom. The first-order valence-corrected chi connectivity index (χ1v) is 8.63. The van der Waals surface area contributed by atoms with Crippen molar-refractivity contribution in [3.05, 3.63) is 11.7 Å². The Morgan fingerprint density at radius 3 is 2.52 bits per heavy atom. The van der Waals surface area contributed by atoms with Crippen LogP contribution in [0.25, 0.3) is 0 Å². The van der Waals surface area contributed by atoms with Crippen LogP contribution >= 0.6 is 0 Å². The Balaban J connectivity index is 1.57. The van der Waals surface area contributed by atoms with Crippen LogP contribution in [0.15, 0.2) is 4.52 Å². The zero-order chi connectivity index (χ0) is 14.8. The summed E-state index contributed by atoms with van der Waals surface area (Å²) in [5.41, 5.74) is 0. The van der Waals surface area contributed by atoms with Crippen molar-refractivity contribution >= 4 is 0 Å². The van der Waals surface area contributed by atoms with Crippen LogP contribution in [0.2, 0.25) is 0 Å². The Labute approximate surface area is 128 Å². The standard InChI is InChI=1S/C16H30N4O/c1-2-3-4-5-6-7-8-9-16-18-15(19-21-16)14-20-12-10-17-11-13-20/h17H,2-14H2,1H3. The topological polar surface area (TPSA) is 54.2 Å². The maximum absolute atomic E-state index is 5.35. The monoisotopic (exact) mass is 294 g/mol. The van der Waals surface area contributed by atoms with E-state index in [1.807, 2.05) is 0 Å². The molecule has 1 aliphatic rings. The maximum atomic E-state index is 5.35. The predicted octanol–water partition coefficient (Wildman–Crippen LogP) is 2.77. The lowest BCUT2D eigenvalue weighted by molar-refractivity contribution is 0.224. The summed E-state index contributed by atoms with van der Waals surface area (Å²) < 4.78 is 5.35. The zero-order valence-electron chi connectivity index (χ0n) is 13.4. The van der Waals surface area contributed by atoms with Gasteiger partial charge in [-0.05, 0) is 6.42 Å². The molecule has 0 spiro atoms. The molecule has 0 atom stereocenters. The van der Waals surface area contributed by atoms with Gasteiger partial charge < -0.3 is 9.84 Å². The van der Waals surface area contributed by atoms with Crippen molar-refractivity contribution in [1.82, 2.24) is 20.4 Å². The Bertz CT molecular complexity index is 374. The van der Waals surface area contributed by atoms with Gasteiger partial charge in [0, 0.05) is 32.6 Å². The van der Waals surface area contributed by atoms with Crippen molar-refractivity contribution in [3.63, 3.8) is 0 Å². The van der Waals surface area contributed by atoms with E-state index >= 15 is 0 Å². The highest BCUT2D eigenvalue weighted by Crippen LogP contribution is 2.10. The molecule has 1 aromatic heterocycles. The highest BCUT2D eigenvalue weighted by molar-refractivity contribution is 4.87. The molecular formula is C16H30N4O. The number of rotatable bonds is 10. The fourth-order valence-corrected chi connectivity index (χ4v) is 2.76. The normalized spacial score (nSPS) is 16.4. The molecule has 1 aliphatic heterocycles. The van der Waals surface area contributed by atoms with Gasteiger partial charge in [-0.15, -0.1) is 0 Å². The third-order valence-corrected chi connectivity index (χ3v) is 4.08. The minimum Gasteiger partial charge on any atom is -0.339 e. The zero-order valence-corrected chi connectivity index (χ0v) is 13.4. The first kappa shape index (κ1) is 16.4. The number of aromatic nitrogens is 2. The molecule has 0 aromatic carbocycles. The molecule has 0 bridgehead atoms. The van der Waals surface area contributed by atoms with E-state index in [-0.39, 0.29) is 0 Å². The average Bonchev–Trinajstić information content (AvgIpc) is 2.95. The quantitative estimate of drug-likeness (QED) is 0.672. The highest BCUT2D eigenvalue weighted by atomic mass is 16.5. The Kier molecular flexibility index (Phi) is 7.75. The smallest absolute Gasteiger partial charge is 0.226 e. The molecule has 2 rings (SSSR count). The van der Waals surface area contributed by atoms with Crippen LogP contribution in [-0.2, 0) is 13.0 Å². The summed E-state index contributed by atoms with van der Waals surface area (Å²) in [6.07, 6.45) is 10.2. The van der Waals surface area contributed by atoms with Gasteiger partial charge in [-0.1, -0.05) is 50.6 Å². The van der Waals surface area contributed by atoms with Crippen LogP contribution < -0.4 is 5.32 Å². The number of nitrogens with zero attached hydrogens (tertiary/aromatic N) is 3. The van der Waals surface area contributed by atoms with Crippen LogP contribution in [0, 0.1) is 0 Å². The maximum Gasteiger partial charge on any atom is 0.226 e. The fraction of sp³-hybridized carbons (Fsp3) is 0.875. The molecule has 1 aromatic rings. The van der Waals surface area contributed by atoms with Crippen molar-refractivity contribution in [3.8, 4) is 0 Å². The number of unbranched alkanes of at least 4 members (excludes halogenated alkanes) is 6. The van der Waals surface area contributed by atoms with Crippen LogP contribution in [0.4, 0.5) is 0 Å². The van der Waals surface area contributed by atoms with Gasteiger partial charge >= 0.3 is 0 Å². The van der Waals surface area contributed by atoms with Gasteiger partial charge in [0.25, 0.3) is 0 Å². The second-order valence-electron chi connectivity index (χ2n) is 6.00. The van der Waals surface area contributed by atoms with E-state index in [9.17, 15) is 0 Å². The van der Waals surface area contributed by atoms with E-state index in [4.69, 9.17) is 4.52 Å². The average molecular weight is 294 g/mol. The van der Waals surface area contributed by atoms with Gasteiger partial charge in [-0.25, -0.2) is 0 Å². The molecule has 0 amide bonds. The molecule has 1 fully saturated rings. The van der Waals surface area contributed by atoms with Gasteiger partial charge in [0.05, 0.1) is 6.54 Å². The van der Waals surface area contributed by atoms with Crippen LogP contribution in [-0.4, -0.2) is 41.2 Å². The first-order valence-electron chi connectivity index (χ1n) is 8.63. The van der Waals surface area contributed by atoms with E-state index in [2.05, 4.69) is 27.3 Å². The lowest BCUT2D eigenvalue weighted by atomic mass is 10.1. The number of piperazine rings is 1. The SMILES string of the molecule is CCCCCCCCCc1nc(CN2CCNCC2)no1. The molecule has 0 radical (unpaired) electrons. The minimum atomic E-state index is 0.814. The summed E-state index contributed by atoms with van der Waals surface area (Å²) in [5.74, 6) is 1.66. The molecule has 2 heterocycles. The predicted molar refractivity (Wildman–Crippen MR) is 84.1 cm³/mol. The number of hydrogen-bond acceptors (Lipinski definition) is 5. The largest absolute Gasteiger partial charge is 0.339 e. The molecule has 5 nitrogen and oxygen atoms in total. The second-order valence-corrected chi connectivity index (χ2v) is 6.00. The van der Waals surface area contributed by atoms with Gasteiger partial charge in [-0.2, -0.15) is 4.98 Å². The summed E-state index contributed by atoms with van der Waals surface area (Å²) in [6, 6.07) is 0. The third-order valence-electron chi connectivity index (χ3n) is 4.08. The van der Waals surface area contributed by atoms with Gasteiger partial charge in [0.2, 0.25) is 5.89 Å². The highest BCUT2D eigenvalue weighted by Gasteiger charge is 2.13. The minimum absolute atomic E-state index is 0.814. The molecule has 0 unspecified atom stereocenters. The molecule has 0 aliphatic carbocycles. The summed E-state index contributed by atoms with van der Waals surface area (Å²) in [7, 11) is 0. The molecule has 5 heteroatoms. The van der Waals surface area contributed by atoms with Crippen molar-refractivity contribution in [1.29, 1.82) is 0 Å². The Morgan fingerprint density at radius 1 is 1.05 bits per heavy atom. The van der Waals surface area contributed by atoms with Crippen LogP contribution in [0.5, 0.6) is 0 Å². The van der Waals surface area contributed by atoms with E-state index in [0.717, 1.165) is 50.9 Å². The van der Waals surface area contributed by atoms with Crippen molar-refractivity contribution in [2.75, 3.05) is 26.2 Å². The molecule has 120 valence electrons. The van der Waals surface area contributed by atoms with Crippen LogP contribution in [0.3, 0.4) is 0 Å². The summed E-state index contributed by atoms with van der Waals surface area (Å²) in [4.78, 5) is 6.89. The van der Waals surface area contributed by atoms with Crippen LogP contribution in [0.1, 0.15) is 63.6 Å². The summed E-state index contributed by atoms with van der Waals surface area (Å²) in [6.45, 7) is 7.34. The van der Waals surface area contributed by atoms with Gasteiger partial charge in [0.15, 0.2) is 5.82 Å². The van der Waals surface area contributed by atoms with Gasteiger partial charge in [0.1, 0.15) is 0 Å². The number of aryl methyl sites for hydroxylation is 1. The van der Waals surface area contributed by atoms with Crippen molar-refractivity contribution in [2.24, 2.45) is 0 Å². The molecule has 21 heavy (non-hydrogen) atoms. The number of nitrogens with one attached hydrogen (secondary N) is 1. The summed E-state index contributed by atoms with van der Waals surface area (Å²) in [5, 5.41) is 7.45. The summed E-state index contributed by atoms with van der Waals surface area (Å²) >= 11 is 0. The van der Waals surface area contributed by atoms with E-state index < -0.39 is 0 Å². The molecule has 1 saturated heterocycles.